The van der Waals surface area contributed by atoms with Crippen molar-refractivity contribution in [3.63, 3.8) is 0 Å². The standard InChI is InChI=1S/C13H12BrN3O2/c14-8-4-11(10(6-15)12(19)5-8)17-13-3-1-2-9(7-18)16-13/h1-6,15,18-19H,7H2,(H,16,17). The fourth-order valence-electron chi connectivity index (χ4n) is 1.63. The molecule has 0 saturated heterocycles. The number of rotatable bonds is 4. The minimum absolute atomic E-state index is 0.00480. The van der Waals surface area contributed by atoms with E-state index >= 15 is 0 Å². The second-order valence-corrected chi connectivity index (χ2v) is 4.74. The Morgan fingerprint density at radius 3 is 2.84 bits per heavy atom. The molecule has 0 spiro atoms. The van der Waals surface area contributed by atoms with E-state index in [0.29, 0.717) is 27.2 Å². The van der Waals surface area contributed by atoms with Gasteiger partial charge in [0.2, 0.25) is 0 Å². The molecule has 0 radical (unpaired) electrons. The molecule has 0 saturated carbocycles. The lowest BCUT2D eigenvalue weighted by Crippen LogP contribution is -2.00. The van der Waals surface area contributed by atoms with Gasteiger partial charge in [-0.15, -0.1) is 0 Å². The Morgan fingerprint density at radius 1 is 1.37 bits per heavy atom. The number of anilines is 2. The summed E-state index contributed by atoms with van der Waals surface area (Å²) in [7, 11) is 0. The average Bonchev–Trinajstić information content (AvgIpc) is 2.38. The van der Waals surface area contributed by atoms with Crippen molar-refractivity contribution in [3.05, 3.63) is 46.1 Å². The van der Waals surface area contributed by atoms with Crippen molar-refractivity contribution < 1.29 is 10.2 Å². The first-order valence-electron chi connectivity index (χ1n) is 5.51. The van der Waals surface area contributed by atoms with Crippen LogP contribution in [0.3, 0.4) is 0 Å². The van der Waals surface area contributed by atoms with Crippen LogP contribution in [-0.4, -0.2) is 21.4 Å². The van der Waals surface area contributed by atoms with Gasteiger partial charge in [0.25, 0.3) is 0 Å². The first-order chi connectivity index (χ1) is 9.13. The van der Waals surface area contributed by atoms with Gasteiger partial charge in [-0.1, -0.05) is 22.0 Å². The summed E-state index contributed by atoms with van der Waals surface area (Å²) >= 11 is 3.28. The molecule has 0 unspecified atom stereocenters. The predicted octanol–water partition coefficient (Wildman–Crippen LogP) is 2.78. The molecule has 0 aliphatic carbocycles. The van der Waals surface area contributed by atoms with Crippen molar-refractivity contribution in [2.24, 2.45) is 0 Å². The largest absolute Gasteiger partial charge is 0.507 e. The minimum atomic E-state index is -0.142. The third-order valence-corrected chi connectivity index (χ3v) is 2.96. The molecule has 4 N–H and O–H groups in total. The van der Waals surface area contributed by atoms with Crippen LogP contribution >= 0.6 is 15.9 Å². The Balaban J connectivity index is 2.39. The van der Waals surface area contributed by atoms with Gasteiger partial charge >= 0.3 is 0 Å². The van der Waals surface area contributed by atoms with E-state index < -0.39 is 0 Å². The number of aliphatic hydroxyl groups excluding tert-OH is 1. The second-order valence-electron chi connectivity index (χ2n) is 3.83. The molecular weight excluding hydrogens is 310 g/mol. The van der Waals surface area contributed by atoms with E-state index in [1.165, 1.54) is 6.07 Å². The van der Waals surface area contributed by atoms with Gasteiger partial charge in [-0.05, 0) is 24.3 Å². The highest BCUT2D eigenvalue weighted by molar-refractivity contribution is 9.10. The first-order valence-corrected chi connectivity index (χ1v) is 6.30. The SMILES string of the molecule is N=Cc1c(O)cc(Br)cc1Nc1cccc(CO)n1. The van der Waals surface area contributed by atoms with Crippen LogP contribution in [0.1, 0.15) is 11.3 Å². The third-order valence-electron chi connectivity index (χ3n) is 2.50. The van der Waals surface area contributed by atoms with Gasteiger partial charge in [-0.3, -0.25) is 0 Å². The van der Waals surface area contributed by atoms with Gasteiger partial charge in [0.1, 0.15) is 11.6 Å². The van der Waals surface area contributed by atoms with E-state index in [1.54, 1.807) is 24.3 Å². The third kappa shape index (κ3) is 3.10. The van der Waals surface area contributed by atoms with Gasteiger partial charge in [-0.2, -0.15) is 0 Å². The molecule has 2 aromatic rings. The molecule has 0 bridgehead atoms. The lowest BCUT2D eigenvalue weighted by molar-refractivity contribution is 0.277. The van der Waals surface area contributed by atoms with Gasteiger partial charge in [0.15, 0.2) is 0 Å². The quantitative estimate of drug-likeness (QED) is 0.652. The van der Waals surface area contributed by atoms with Crippen molar-refractivity contribution >= 4 is 33.6 Å². The summed E-state index contributed by atoms with van der Waals surface area (Å²) < 4.78 is 0.691. The number of nitrogens with one attached hydrogen (secondary N) is 2. The summed E-state index contributed by atoms with van der Waals surface area (Å²) in [4.78, 5) is 4.19. The number of pyridine rings is 1. The Labute approximate surface area is 118 Å². The lowest BCUT2D eigenvalue weighted by atomic mass is 10.1. The molecule has 1 heterocycles. The Bertz CT molecular complexity index is 617. The fourth-order valence-corrected chi connectivity index (χ4v) is 2.08. The Kier molecular flexibility index (Phi) is 4.13. The van der Waals surface area contributed by atoms with Crippen LogP contribution in [0.25, 0.3) is 0 Å². The number of phenols is 1. The van der Waals surface area contributed by atoms with Crippen LogP contribution in [0.5, 0.6) is 5.75 Å². The van der Waals surface area contributed by atoms with Crippen molar-refractivity contribution in [2.75, 3.05) is 5.32 Å². The number of aliphatic hydroxyl groups is 1. The molecule has 1 aromatic carbocycles. The summed E-state index contributed by atoms with van der Waals surface area (Å²) in [5.41, 5.74) is 1.48. The maximum absolute atomic E-state index is 9.77. The number of hydrogen-bond acceptors (Lipinski definition) is 5. The number of nitrogens with zero attached hydrogens (tertiary/aromatic N) is 1. The molecule has 98 valence electrons. The summed E-state index contributed by atoms with van der Waals surface area (Å²) in [6, 6.07) is 8.48. The van der Waals surface area contributed by atoms with Crippen LogP contribution in [0.15, 0.2) is 34.8 Å². The summed E-state index contributed by atoms with van der Waals surface area (Å²) in [6.07, 6.45) is 1.07. The van der Waals surface area contributed by atoms with Crippen molar-refractivity contribution in [1.82, 2.24) is 4.98 Å². The number of benzene rings is 1. The van der Waals surface area contributed by atoms with E-state index in [0.717, 1.165) is 6.21 Å². The van der Waals surface area contributed by atoms with Crippen LogP contribution in [0, 0.1) is 5.41 Å². The van der Waals surface area contributed by atoms with Crippen molar-refractivity contribution in [3.8, 4) is 5.75 Å². The number of phenolic OH excluding ortho intramolecular Hbond substituents is 1. The Morgan fingerprint density at radius 2 is 2.16 bits per heavy atom. The zero-order valence-corrected chi connectivity index (χ0v) is 11.5. The monoisotopic (exact) mass is 321 g/mol. The summed E-state index contributed by atoms with van der Waals surface area (Å²) in [5.74, 6) is 0.539. The molecule has 0 fully saturated rings. The zero-order valence-electron chi connectivity index (χ0n) is 9.89. The van der Waals surface area contributed by atoms with Gasteiger partial charge < -0.3 is 20.9 Å². The molecule has 6 heteroatoms. The fraction of sp³-hybridized carbons (Fsp3) is 0.0769. The molecular formula is C13H12BrN3O2. The minimum Gasteiger partial charge on any atom is -0.507 e. The number of halogens is 1. The van der Waals surface area contributed by atoms with Crippen LogP contribution in [0.2, 0.25) is 0 Å². The number of hydrogen-bond donors (Lipinski definition) is 4. The zero-order chi connectivity index (χ0) is 13.8. The molecule has 2 rings (SSSR count). The van der Waals surface area contributed by atoms with Gasteiger partial charge in [-0.25, -0.2) is 4.98 Å². The average molecular weight is 322 g/mol. The van der Waals surface area contributed by atoms with E-state index in [9.17, 15) is 5.11 Å². The molecule has 0 aliphatic heterocycles. The molecule has 19 heavy (non-hydrogen) atoms. The summed E-state index contributed by atoms with van der Waals surface area (Å²) in [5, 5.41) is 29.2. The summed E-state index contributed by atoms with van der Waals surface area (Å²) in [6.45, 7) is -0.142. The molecule has 0 aliphatic rings. The van der Waals surface area contributed by atoms with Crippen LogP contribution < -0.4 is 5.32 Å². The smallest absolute Gasteiger partial charge is 0.130 e. The maximum atomic E-state index is 9.77. The highest BCUT2D eigenvalue weighted by Gasteiger charge is 2.08. The Hall–Kier alpha value is -1.92. The first kappa shape index (κ1) is 13.5. The van der Waals surface area contributed by atoms with Gasteiger partial charge in [0.05, 0.1) is 23.6 Å². The van der Waals surface area contributed by atoms with E-state index in [2.05, 4.69) is 26.2 Å². The lowest BCUT2D eigenvalue weighted by Gasteiger charge is -2.11. The van der Waals surface area contributed by atoms with E-state index in [4.69, 9.17) is 10.5 Å². The van der Waals surface area contributed by atoms with Crippen LogP contribution in [0.4, 0.5) is 11.5 Å². The second kappa shape index (κ2) is 5.81. The van der Waals surface area contributed by atoms with Crippen molar-refractivity contribution in [1.29, 1.82) is 5.41 Å². The predicted molar refractivity (Wildman–Crippen MR) is 77.1 cm³/mol. The number of aromatic nitrogens is 1. The highest BCUT2D eigenvalue weighted by Crippen LogP contribution is 2.30. The topological polar surface area (TPSA) is 89.2 Å². The van der Waals surface area contributed by atoms with E-state index in [1.807, 2.05) is 0 Å². The van der Waals surface area contributed by atoms with Crippen molar-refractivity contribution in [2.45, 2.75) is 6.61 Å². The van der Waals surface area contributed by atoms with E-state index in [-0.39, 0.29) is 12.4 Å². The highest BCUT2D eigenvalue weighted by atomic mass is 79.9. The molecule has 5 nitrogen and oxygen atoms in total. The number of aromatic hydroxyl groups is 1. The molecule has 0 amide bonds. The molecule has 1 aromatic heterocycles. The van der Waals surface area contributed by atoms with Crippen LogP contribution in [-0.2, 0) is 6.61 Å². The maximum Gasteiger partial charge on any atom is 0.130 e. The van der Waals surface area contributed by atoms with Gasteiger partial charge in [0, 0.05) is 10.7 Å². The normalized spacial score (nSPS) is 10.2. The molecule has 0 atom stereocenters.